The first-order chi connectivity index (χ1) is 18.5. The molecule has 0 heterocycles. The number of sulfonamides is 1. The molecule has 1 atom stereocenters. The van der Waals surface area contributed by atoms with Gasteiger partial charge in [0.15, 0.2) is 0 Å². The van der Waals surface area contributed by atoms with Crippen molar-refractivity contribution >= 4 is 39.1 Å². The van der Waals surface area contributed by atoms with E-state index in [9.17, 15) is 18.0 Å². The molecule has 0 spiro atoms. The Balaban J connectivity index is 1.99. The van der Waals surface area contributed by atoms with E-state index in [0.717, 1.165) is 21.9 Å². The highest BCUT2D eigenvalue weighted by atomic mass is 35.5. The highest BCUT2D eigenvalue weighted by Crippen LogP contribution is 2.25. The van der Waals surface area contributed by atoms with E-state index in [2.05, 4.69) is 5.32 Å². The Morgan fingerprint density at radius 3 is 2.03 bits per heavy atom. The first kappa shape index (κ1) is 30.2. The number of carbonyl (C=O) groups excluding carboxylic acids is 2. The average molecular weight is 570 g/mol. The van der Waals surface area contributed by atoms with Crippen molar-refractivity contribution in [2.24, 2.45) is 5.92 Å². The summed E-state index contributed by atoms with van der Waals surface area (Å²) in [5.74, 6) is -0.578. The van der Waals surface area contributed by atoms with Crippen LogP contribution >= 0.6 is 11.6 Å². The van der Waals surface area contributed by atoms with Crippen LogP contribution in [0.1, 0.15) is 38.8 Å². The molecular weight excluding hydrogens is 534 g/mol. The number of nitrogens with one attached hydrogen (secondary N) is 1. The normalized spacial score (nSPS) is 12.2. The van der Waals surface area contributed by atoms with Gasteiger partial charge in [0.1, 0.15) is 12.6 Å². The number of anilines is 1. The third kappa shape index (κ3) is 8.07. The fourth-order valence-electron chi connectivity index (χ4n) is 3.97. The van der Waals surface area contributed by atoms with Gasteiger partial charge in [0, 0.05) is 18.1 Å². The smallest absolute Gasteiger partial charge is 0.264 e. The van der Waals surface area contributed by atoms with Crippen LogP contribution in [0, 0.1) is 5.92 Å². The van der Waals surface area contributed by atoms with E-state index in [1.165, 1.54) is 17.0 Å². The molecule has 0 aliphatic rings. The lowest BCUT2D eigenvalue weighted by atomic mass is 10.1. The van der Waals surface area contributed by atoms with Gasteiger partial charge in [-0.2, -0.15) is 0 Å². The van der Waals surface area contributed by atoms with Gasteiger partial charge in [-0.3, -0.25) is 13.9 Å². The number of benzene rings is 3. The average Bonchev–Trinajstić information content (AvgIpc) is 2.94. The van der Waals surface area contributed by atoms with Crippen molar-refractivity contribution in [2.75, 3.05) is 17.4 Å². The Hall–Kier alpha value is -3.36. The van der Waals surface area contributed by atoms with Crippen LogP contribution in [0.5, 0.6) is 0 Å². The molecule has 3 aromatic rings. The van der Waals surface area contributed by atoms with E-state index >= 15 is 0 Å². The summed E-state index contributed by atoms with van der Waals surface area (Å²) in [4.78, 5) is 28.4. The van der Waals surface area contributed by atoms with Crippen LogP contribution in [0.4, 0.5) is 5.69 Å². The molecule has 0 aliphatic heterocycles. The minimum absolute atomic E-state index is 0.0735. The van der Waals surface area contributed by atoms with Crippen LogP contribution in [-0.2, 0) is 32.6 Å². The van der Waals surface area contributed by atoms with Crippen LogP contribution in [-0.4, -0.2) is 44.3 Å². The summed E-state index contributed by atoms with van der Waals surface area (Å²) in [6.07, 6.45) is 0.794. The van der Waals surface area contributed by atoms with Gasteiger partial charge in [-0.05, 0) is 66.8 Å². The van der Waals surface area contributed by atoms with Crippen molar-refractivity contribution in [2.45, 2.75) is 51.6 Å². The highest BCUT2D eigenvalue weighted by Gasteiger charge is 2.32. The number of hydrogen-bond donors (Lipinski definition) is 1. The maximum atomic E-state index is 13.9. The number of rotatable bonds is 12. The topological polar surface area (TPSA) is 86.8 Å². The first-order valence-electron chi connectivity index (χ1n) is 13.0. The summed E-state index contributed by atoms with van der Waals surface area (Å²) in [7, 11) is -4.08. The molecule has 208 valence electrons. The van der Waals surface area contributed by atoms with Gasteiger partial charge in [0.25, 0.3) is 10.0 Å². The zero-order chi connectivity index (χ0) is 28.6. The second kappa shape index (κ2) is 13.6. The molecule has 3 rings (SSSR count). The van der Waals surface area contributed by atoms with Crippen molar-refractivity contribution in [3.63, 3.8) is 0 Å². The Kier molecular flexibility index (Phi) is 10.5. The molecule has 7 nitrogen and oxygen atoms in total. The molecule has 2 amide bonds. The molecule has 0 saturated heterocycles. The van der Waals surface area contributed by atoms with Crippen LogP contribution in [0.3, 0.4) is 0 Å². The molecule has 0 aliphatic carbocycles. The standard InChI is InChI=1S/C30H36ClN3O4S/c1-5-24-13-17-27(18-14-24)34(39(37,38)28-9-7-6-8-10-28)21-29(35)33(20-25-11-15-26(31)16-12-25)23(4)30(36)32-19-22(2)3/h6-18,22-23H,5,19-21H2,1-4H3,(H,32,36). The largest absolute Gasteiger partial charge is 0.354 e. The maximum absolute atomic E-state index is 13.9. The summed E-state index contributed by atoms with van der Waals surface area (Å²) in [6.45, 7) is 7.73. The lowest BCUT2D eigenvalue weighted by molar-refractivity contribution is -0.139. The fraction of sp³-hybridized carbons (Fsp3) is 0.333. The molecule has 0 bridgehead atoms. The van der Waals surface area contributed by atoms with E-state index in [1.54, 1.807) is 61.5 Å². The van der Waals surface area contributed by atoms with Gasteiger partial charge >= 0.3 is 0 Å². The molecule has 0 aromatic heterocycles. The van der Waals surface area contributed by atoms with Crippen molar-refractivity contribution in [1.29, 1.82) is 0 Å². The molecule has 1 N–H and O–H groups in total. The molecule has 39 heavy (non-hydrogen) atoms. The predicted octanol–water partition coefficient (Wildman–Crippen LogP) is 5.29. The third-order valence-corrected chi connectivity index (χ3v) is 8.40. The summed E-state index contributed by atoms with van der Waals surface area (Å²) in [6, 6.07) is 21.3. The number of carbonyl (C=O) groups is 2. The maximum Gasteiger partial charge on any atom is 0.264 e. The third-order valence-electron chi connectivity index (χ3n) is 6.36. The number of aryl methyl sites for hydroxylation is 1. The highest BCUT2D eigenvalue weighted by molar-refractivity contribution is 7.92. The van der Waals surface area contributed by atoms with Gasteiger partial charge < -0.3 is 10.2 Å². The SMILES string of the molecule is CCc1ccc(N(CC(=O)N(Cc2ccc(Cl)cc2)C(C)C(=O)NCC(C)C)S(=O)(=O)c2ccccc2)cc1. The number of halogens is 1. The van der Waals surface area contributed by atoms with Crippen molar-refractivity contribution in [1.82, 2.24) is 10.2 Å². The van der Waals surface area contributed by atoms with E-state index in [0.29, 0.717) is 17.3 Å². The number of hydrogen-bond acceptors (Lipinski definition) is 4. The van der Waals surface area contributed by atoms with E-state index in [4.69, 9.17) is 11.6 Å². The molecule has 1 unspecified atom stereocenters. The van der Waals surface area contributed by atoms with Crippen molar-refractivity contribution in [3.8, 4) is 0 Å². The van der Waals surface area contributed by atoms with E-state index in [-0.39, 0.29) is 23.3 Å². The van der Waals surface area contributed by atoms with Gasteiger partial charge in [0.2, 0.25) is 11.8 Å². The molecule has 0 radical (unpaired) electrons. The zero-order valence-corrected chi connectivity index (χ0v) is 24.4. The molecule has 9 heteroatoms. The van der Waals surface area contributed by atoms with E-state index < -0.39 is 28.5 Å². The minimum atomic E-state index is -4.08. The summed E-state index contributed by atoms with van der Waals surface area (Å²) < 4.78 is 28.7. The van der Waals surface area contributed by atoms with Gasteiger partial charge in [-0.15, -0.1) is 0 Å². The lowest BCUT2D eigenvalue weighted by Gasteiger charge is -2.32. The lowest BCUT2D eigenvalue weighted by Crippen LogP contribution is -2.51. The van der Waals surface area contributed by atoms with Gasteiger partial charge in [0.05, 0.1) is 10.6 Å². The van der Waals surface area contributed by atoms with Crippen LogP contribution in [0.25, 0.3) is 0 Å². The molecular formula is C30H36ClN3O4S. The molecule has 0 fully saturated rings. The summed E-state index contributed by atoms with van der Waals surface area (Å²) >= 11 is 6.04. The Bertz CT molecular complexity index is 1350. The van der Waals surface area contributed by atoms with Crippen LogP contribution < -0.4 is 9.62 Å². The summed E-state index contributed by atoms with van der Waals surface area (Å²) in [5, 5.41) is 3.43. The summed E-state index contributed by atoms with van der Waals surface area (Å²) in [5.41, 5.74) is 2.18. The van der Waals surface area contributed by atoms with Crippen LogP contribution in [0.2, 0.25) is 5.02 Å². The Morgan fingerprint density at radius 2 is 1.46 bits per heavy atom. The predicted molar refractivity (Wildman–Crippen MR) is 156 cm³/mol. The van der Waals surface area contributed by atoms with Gasteiger partial charge in [-0.25, -0.2) is 8.42 Å². The number of amides is 2. The monoisotopic (exact) mass is 569 g/mol. The fourth-order valence-corrected chi connectivity index (χ4v) is 5.53. The zero-order valence-electron chi connectivity index (χ0n) is 22.8. The minimum Gasteiger partial charge on any atom is -0.354 e. The van der Waals surface area contributed by atoms with Crippen molar-refractivity contribution in [3.05, 3.63) is 95.0 Å². The second-order valence-corrected chi connectivity index (χ2v) is 12.1. The first-order valence-corrected chi connectivity index (χ1v) is 14.8. The van der Waals surface area contributed by atoms with Crippen LogP contribution in [0.15, 0.2) is 83.8 Å². The van der Waals surface area contributed by atoms with Crippen molar-refractivity contribution < 1.29 is 18.0 Å². The van der Waals surface area contributed by atoms with E-state index in [1.807, 2.05) is 32.9 Å². The molecule has 0 saturated carbocycles. The Morgan fingerprint density at radius 1 is 0.872 bits per heavy atom. The van der Waals surface area contributed by atoms with Gasteiger partial charge in [-0.1, -0.05) is 74.8 Å². The number of nitrogens with zero attached hydrogens (tertiary/aromatic N) is 2. The molecule has 3 aromatic carbocycles. The quantitative estimate of drug-likeness (QED) is 0.321. The Labute approximate surface area is 236 Å². The second-order valence-electron chi connectivity index (χ2n) is 9.81.